The Kier molecular flexibility index (Phi) is 5.46. The molecule has 0 aliphatic heterocycles. The number of fused-ring (bicyclic) bond motifs is 1. The third-order valence-electron chi connectivity index (χ3n) is 7.97. The molecule has 0 saturated heterocycles. The fraction of sp³-hybridized carbons (Fsp3) is 0.667. The zero-order valence-corrected chi connectivity index (χ0v) is 18.4. The largest absolute Gasteiger partial charge is 0.369 e. The Labute approximate surface area is 189 Å². The van der Waals surface area contributed by atoms with E-state index in [0.717, 1.165) is 23.9 Å². The van der Waals surface area contributed by atoms with E-state index in [1.54, 1.807) is 0 Å². The molecule has 3 fully saturated rings. The number of rotatable bonds is 7. The van der Waals surface area contributed by atoms with Gasteiger partial charge in [0.15, 0.2) is 0 Å². The van der Waals surface area contributed by atoms with Gasteiger partial charge in [-0.1, -0.05) is 6.07 Å². The third kappa shape index (κ3) is 4.48. The van der Waals surface area contributed by atoms with E-state index in [1.165, 1.54) is 0 Å². The number of carbonyl (C=O) groups excluding carboxylic acids is 1. The maximum absolute atomic E-state index is 13.6. The Morgan fingerprint density at radius 1 is 1.00 bits per heavy atom. The van der Waals surface area contributed by atoms with Crippen LogP contribution >= 0.6 is 0 Å². The van der Waals surface area contributed by atoms with Crippen molar-refractivity contribution in [3.05, 3.63) is 29.6 Å². The number of halogens is 4. The van der Waals surface area contributed by atoms with Gasteiger partial charge in [-0.05, 0) is 67.1 Å². The van der Waals surface area contributed by atoms with Crippen molar-refractivity contribution in [2.75, 3.05) is 0 Å². The molecular formula is C24H30F4N4O. The summed E-state index contributed by atoms with van der Waals surface area (Å²) >= 11 is 0. The number of H-pyrrole nitrogens is 1. The zero-order chi connectivity index (χ0) is 23.5. The predicted molar refractivity (Wildman–Crippen MR) is 116 cm³/mol. The number of alkyl halides is 4. The molecule has 5 N–H and O–H groups in total. The highest BCUT2D eigenvalue weighted by atomic mass is 19.3. The molecule has 5 nitrogen and oxygen atoms in total. The van der Waals surface area contributed by atoms with Gasteiger partial charge >= 0.3 is 0 Å². The second-order valence-electron chi connectivity index (χ2n) is 10.4. The van der Waals surface area contributed by atoms with Crippen LogP contribution < -0.4 is 11.5 Å². The van der Waals surface area contributed by atoms with Crippen LogP contribution in [0.15, 0.2) is 18.2 Å². The fourth-order valence-electron chi connectivity index (χ4n) is 5.95. The molecule has 2 aromatic rings. The van der Waals surface area contributed by atoms with Crippen molar-refractivity contribution in [3.63, 3.8) is 0 Å². The van der Waals surface area contributed by atoms with Crippen molar-refractivity contribution in [3.8, 4) is 0 Å². The molecule has 5 rings (SSSR count). The van der Waals surface area contributed by atoms with Gasteiger partial charge in [0, 0.05) is 31.6 Å². The van der Waals surface area contributed by atoms with Gasteiger partial charge in [-0.3, -0.25) is 4.79 Å². The number of hydrogen-bond acceptors (Lipinski definition) is 3. The number of nitrogens with one attached hydrogen (secondary N) is 1. The lowest BCUT2D eigenvalue weighted by atomic mass is 9.65. The molecule has 3 aliphatic carbocycles. The van der Waals surface area contributed by atoms with Crippen LogP contribution in [0.4, 0.5) is 17.6 Å². The monoisotopic (exact) mass is 466 g/mol. The third-order valence-corrected chi connectivity index (χ3v) is 7.97. The van der Waals surface area contributed by atoms with E-state index >= 15 is 0 Å². The van der Waals surface area contributed by atoms with Gasteiger partial charge in [0.25, 0.3) is 0 Å². The van der Waals surface area contributed by atoms with Crippen molar-refractivity contribution >= 4 is 16.9 Å². The fourth-order valence-corrected chi connectivity index (χ4v) is 5.95. The van der Waals surface area contributed by atoms with E-state index in [9.17, 15) is 22.4 Å². The minimum Gasteiger partial charge on any atom is -0.369 e. The number of imidazole rings is 1. The molecule has 1 aromatic heterocycles. The molecule has 0 bridgehead atoms. The summed E-state index contributed by atoms with van der Waals surface area (Å²) < 4.78 is 54.1. The van der Waals surface area contributed by atoms with Gasteiger partial charge < -0.3 is 16.5 Å². The quantitative estimate of drug-likeness (QED) is 0.499. The number of aromatic amines is 1. The summed E-state index contributed by atoms with van der Waals surface area (Å²) in [5.41, 5.74) is 14.4. The number of hydrogen-bond donors (Lipinski definition) is 3. The number of primary amides is 1. The highest BCUT2D eigenvalue weighted by Gasteiger charge is 2.54. The maximum atomic E-state index is 13.6. The first kappa shape index (κ1) is 22.6. The summed E-state index contributed by atoms with van der Waals surface area (Å²) in [6, 6.07) is 5.19. The number of carbonyl (C=O) groups is 1. The van der Waals surface area contributed by atoms with Crippen LogP contribution in [0, 0.1) is 23.7 Å². The van der Waals surface area contributed by atoms with Crippen molar-refractivity contribution in [1.82, 2.24) is 9.97 Å². The SMILES string of the molecule is NC(=O)C(C1CC(F)(F)C1)[C@H](c1ccc2nc([C@@H](N)C3CCC(F)(F)CC3)[nH]c2c1)C1CC1. The molecule has 1 unspecified atom stereocenters. The maximum Gasteiger partial charge on any atom is 0.248 e. The Hall–Kier alpha value is -2.16. The van der Waals surface area contributed by atoms with Gasteiger partial charge in [-0.15, -0.1) is 0 Å². The first-order valence-electron chi connectivity index (χ1n) is 11.8. The summed E-state index contributed by atoms with van der Waals surface area (Å²) in [4.78, 5) is 20.2. The standard InChI is InChI=1S/C24H30F4N4O/c25-23(26)7-5-13(6-8-23)20(29)22-31-16-4-3-14(9-17(16)32-22)18(12-1-2-12)19(21(30)33)15-10-24(27,28)11-15/h3-4,9,12-13,15,18-20H,1-2,5-8,10-11,29H2,(H2,30,33)(H,31,32)/t18-,19?,20-/m0/s1. The van der Waals surface area contributed by atoms with E-state index in [0.29, 0.717) is 24.2 Å². The molecule has 3 aliphatic rings. The minimum atomic E-state index is -2.71. The van der Waals surface area contributed by atoms with Crippen LogP contribution in [-0.4, -0.2) is 27.7 Å². The zero-order valence-electron chi connectivity index (χ0n) is 18.4. The predicted octanol–water partition coefficient (Wildman–Crippen LogP) is 5.03. The molecule has 0 radical (unpaired) electrons. The second kappa shape index (κ2) is 7.96. The van der Waals surface area contributed by atoms with Crippen LogP contribution in [0.1, 0.15) is 74.7 Å². The number of aromatic nitrogens is 2. The number of benzene rings is 1. The highest BCUT2D eigenvalue weighted by Crippen LogP contribution is 2.55. The van der Waals surface area contributed by atoms with E-state index < -0.39 is 35.6 Å². The van der Waals surface area contributed by atoms with Crippen molar-refractivity contribution in [2.45, 2.75) is 75.2 Å². The number of amides is 1. The smallest absolute Gasteiger partial charge is 0.248 e. The normalized spacial score (nSPS) is 26.0. The lowest BCUT2D eigenvalue weighted by Gasteiger charge is -2.42. The van der Waals surface area contributed by atoms with Crippen LogP contribution in [0.5, 0.6) is 0 Å². The van der Waals surface area contributed by atoms with E-state index in [2.05, 4.69) is 9.97 Å². The van der Waals surface area contributed by atoms with Crippen LogP contribution in [0.25, 0.3) is 11.0 Å². The Bertz CT molecular complexity index is 1030. The number of nitrogens with zero attached hydrogens (tertiary/aromatic N) is 1. The summed E-state index contributed by atoms with van der Waals surface area (Å²) in [7, 11) is 0. The molecule has 180 valence electrons. The van der Waals surface area contributed by atoms with E-state index in [1.807, 2.05) is 18.2 Å². The molecule has 1 heterocycles. The van der Waals surface area contributed by atoms with Crippen LogP contribution in [0.2, 0.25) is 0 Å². The molecule has 9 heteroatoms. The van der Waals surface area contributed by atoms with Crippen LogP contribution in [-0.2, 0) is 4.79 Å². The topological polar surface area (TPSA) is 97.8 Å². The lowest BCUT2D eigenvalue weighted by molar-refractivity contribution is -0.146. The molecular weight excluding hydrogens is 436 g/mol. The van der Waals surface area contributed by atoms with Gasteiger partial charge in [-0.2, -0.15) is 0 Å². The van der Waals surface area contributed by atoms with Gasteiger partial charge in [-0.25, -0.2) is 22.5 Å². The summed E-state index contributed by atoms with van der Waals surface area (Å²) in [6.45, 7) is 0. The first-order valence-corrected chi connectivity index (χ1v) is 11.8. The minimum absolute atomic E-state index is 0.0663. The lowest BCUT2D eigenvalue weighted by Crippen LogP contribution is -2.46. The second-order valence-corrected chi connectivity index (χ2v) is 10.4. The summed E-state index contributed by atoms with van der Waals surface area (Å²) in [6.07, 6.45) is 1.69. The Morgan fingerprint density at radius 2 is 1.67 bits per heavy atom. The van der Waals surface area contributed by atoms with Gasteiger partial charge in [0.2, 0.25) is 17.8 Å². The molecule has 3 atom stereocenters. The summed E-state index contributed by atoms with van der Waals surface area (Å²) in [5.74, 6) is -6.33. The Balaban J connectivity index is 1.39. The Morgan fingerprint density at radius 3 is 2.24 bits per heavy atom. The van der Waals surface area contributed by atoms with Gasteiger partial charge in [0.05, 0.1) is 17.1 Å². The molecule has 33 heavy (non-hydrogen) atoms. The highest BCUT2D eigenvalue weighted by molar-refractivity contribution is 5.80. The van der Waals surface area contributed by atoms with Crippen molar-refractivity contribution in [2.24, 2.45) is 35.1 Å². The molecule has 0 spiro atoms. The van der Waals surface area contributed by atoms with E-state index in [4.69, 9.17) is 11.5 Å². The average Bonchev–Trinajstić information content (AvgIpc) is 3.46. The van der Waals surface area contributed by atoms with Crippen molar-refractivity contribution < 1.29 is 22.4 Å². The average molecular weight is 467 g/mol. The van der Waals surface area contributed by atoms with Gasteiger partial charge in [0.1, 0.15) is 5.82 Å². The molecule has 3 saturated carbocycles. The molecule has 1 aromatic carbocycles. The van der Waals surface area contributed by atoms with Crippen LogP contribution in [0.3, 0.4) is 0 Å². The van der Waals surface area contributed by atoms with Crippen molar-refractivity contribution in [1.29, 1.82) is 0 Å². The summed E-state index contributed by atoms with van der Waals surface area (Å²) in [5, 5.41) is 0. The number of nitrogens with two attached hydrogens (primary N) is 2. The van der Waals surface area contributed by atoms with E-state index in [-0.39, 0.29) is 43.4 Å². The first-order chi connectivity index (χ1) is 15.5. The molecule has 1 amide bonds.